The second kappa shape index (κ2) is 9.57. The summed E-state index contributed by atoms with van der Waals surface area (Å²) < 4.78 is 0. The van der Waals surface area contributed by atoms with Crippen molar-refractivity contribution >= 4 is 23.3 Å². The van der Waals surface area contributed by atoms with Crippen LogP contribution in [0.1, 0.15) is 24.2 Å². The number of carbonyl (C=O) groups is 1. The molecule has 1 aromatic heterocycles. The average Bonchev–Trinajstić information content (AvgIpc) is 2.75. The Labute approximate surface area is 177 Å². The van der Waals surface area contributed by atoms with Crippen LogP contribution in [0.3, 0.4) is 0 Å². The van der Waals surface area contributed by atoms with Gasteiger partial charge in [-0.25, -0.2) is 4.98 Å². The first-order valence-electron chi connectivity index (χ1n) is 9.74. The number of hydrogen-bond donors (Lipinski definition) is 1. The second-order valence-electron chi connectivity index (χ2n) is 7.38. The van der Waals surface area contributed by atoms with E-state index >= 15 is 0 Å². The van der Waals surface area contributed by atoms with Gasteiger partial charge in [-0.2, -0.15) is 0 Å². The maximum Gasteiger partial charge on any atom is 0.254 e. The van der Waals surface area contributed by atoms with Crippen molar-refractivity contribution in [3.63, 3.8) is 0 Å². The average molecular weight is 408 g/mol. The zero-order valence-electron chi connectivity index (χ0n) is 17.0. The van der Waals surface area contributed by atoms with Gasteiger partial charge in [-0.1, -0.05) is 74.0 Å². The Morgan fingerprint density at radius 2 is 1.72 bits per heavy atom. The van der Waals surface area contributed by atoms with E-state index in [1.165, 1.54) is 0 Å². The number of rotatable bonds is 7. The van der Waals surface area contributed by atoms with Crippen LogP contribution in [0, 0.1) is 5.92 Å². The molecule has 5 heteroatoms. The molecule has 0 unspecified atom stereocenters. The number of aromatic nitrogens is 1. The lowest BCUT2D eigenvalue weighted by Crippen LogP contribution is -2.44. The summed E-state index contributed by atoms with van der Waals surface area (Å²) in [5.74, 6) is 1.02. The van der Waals surface area contributed by atoms with E-state index in [9.17, 15) is 4.79 Å². The molecule has 0 bridgehead atoms. The molecule has 0 saturated heterocycles. The van der Waals surface area contributed by atoms with Crippen LogP contribution in [0.25, 0.3) is 11.1 Å². The van der Waals surface area contributed by atoms with Crippen LogP contribution in [0.15, 0.2) is 72.9 Å². The number of pyridine rings is 1. The minimum Gasteiger partial charge on any atom is -0.368 e. The Kier molecular flexibility index (Phi) is 6.89. The summed E-state index contributed by atoms with van der Waals surface area (Å²) >= 11 is 5.91. The molecule has 150 valence electrons. The standard InChI is InChI=1S/C24H26ClN3O/c1-17(2)22(16-27-23-14-13-19(25)15-26-23)28(3)24(29)21-12-8-7-11-20(21)18-9-5-4-6-10-18/h4-15,17,22H,16H2,1-3H3,(H,26,27)/t22-/m0/s1. The van der Waals surface area contributed by atoms with E-state index in [4.69, 9.17) is 11.6 Å². The topological polar surface area (TPSA) is 45.2 Å². The predicted molar refractivity (Wildman–Crippen MR) is 120 cm³/mol. The normalized spacial score (nSPS) is 11.9. The number of benzene rings is 2. The molecule has 29 heavy (non-hydrogen) atoms. The van der Waals surface area contributed by atoms with Gasteiger partial charge in [-0.05, 0) is 35.2 Å². The molecule has 1 N–H and O–H groups in total. The van der Waals surface area contributed by atoms with Gasteiger partial charge in [0.05, 0.1) is 11.1 Å². The Balaban J connectivity index is 1.81. The van der Waals surface area contributed by atoms with Gasteiger partial charge in [0, 0.05) is 25.4 Å². The molecule has 0 spiro atoms. The van der Waals surface area contributed by atoms with Crippen molar-refractivity contribution in [2.45, 2.75) is 19.9 Å². The van der Waals surface area contributed by atoms with Gasteiger partial charge < -0.3 is 10.2 Å². The van der Waals surface area contributed by atoms with E-state index in [1.54, 1.807) is 12.3 Å². The van der Waals surface area contributed by atoms with Crippen molar-refractivity contribution in [1.82, 2.24) is 9.88 Å². The SMILES string of the molecule is CC(C)[C@H](CNc1ccc(Cl)cn1)N(C)C(=O)c1ccccc1-c1ccccc1. The molecule has 0 aliphatic carbocycles. The first-order valence-corrected chi connectivity index (χ1v) is 10.1. The van der Waals surface area contributed by atoms with Gasteiger partial charge in [0.15, 0.2) is 0 Å². The summed E-state index contributed by atoms with van der Waals surface area (Å²) in [6.45, 7) is 4.84. The van der Waals surface area contributed by atoms with Crippen molar-refractivity contribution in [3.05, 3.63) is 83.5 Å². The highest BCUT2D eigenvalue weighted by molar-refractivity contribution is 6.30. The lowest BCUT2D eigenvalue weighted by Gasteiger charge is -2.32. The fraction of sp³-hybridized carbons (Fsp3) is 0.250. The van der Waals surface area contributed by atoms with E-state index in [0.29, 0.717) is 17.1 Å². The highest BCUT2D eigenvalue weighted by Crippen LogP contribution is 2.25. The van der Waals surface area contributed by atoms with E-state index in [2.05, 4.69) is 24.1 Å². The molecule has 1 atom stereocenters. The third kappa shape index (κ3) is 5.15. The van der Waals surface area contributed by atoms with Gasteiger partial charge in [0.25, 0.3) is 5.91 Å². The summed E-state index contributed by atoms with van der Waals surface area (Å²) in [7, 11) is 1.87. The predicted octanol–water partition coefficient (Wildman–Crippen LogP) is 5.61. The minimum atomic E-state index is 0.00353. The fourth-order valence-corrected chi connectivity index (χ4v) is 3.50. The van der Waals surface area contributed by atoms with Crippen LogP contribution in [0.2, 0.25) is 5.02 Å². The van der Waals surface area contributed by atoms with Crippen LogP contribution in [0.4, 0.5) is 5.82 Å². The number of hydrogen-bond acceptors (Lipinski definition) is 3. The first-order chi connectivity index (χ1) is 14.0. The van der Waals surface area contributed by atoms with Crippen molar-refractivity contribution in [2.24, 2.45) is 5.92 Å². The molecule has 0 saturated carbocycles. The molecular formula is C24H26ClN3O. The molecule has 1 heterocycles. The molecule has 0 aliphatic rings. The summed E-state index contributed by atoms with van der Waals surface area (Å²) in [5.41, 5.74) is 2.69. The van der Waals surface area contributed by atoms with Gasteiger partial charge in [0.2, 0.25) is 0 Å². The highest BCUT2D eigenvalue weighted by atomic mass is 35.5. The Morgan fingerprint density at radius 1 is 1.03 bits per heavy atom. The molecule has 4 nitrogen and oxygen atoms in total. The van der Waals surface area contributed by atoms with Crippen LogP contribution < -0.4 is 5.32 Å². The lowest BCUT2D eigenvalue weighted by atomic mass is 9.97. The first kappa shape index (κ1) is 20.9. The quantitative estimate of drug-likeness (QED) is 0.553. The van der Waals surface area contributed by atoms with Crippen molar-refractivity contribution in [3.8, 4) is 11.1 Å². The molecule has 1 amide bonds. The third-order valence-corrected chi connectivity index (χ3v) is 5.27. The Bertz CT molecular complexity index is 942. The monoisotopic (exact) mass is 407 g/mol. The summed E-state index contributed by atoms with van der Waals surface area (Å²) in [6.07, 6.45) is 1.61. The smallest absolute Gasteiger partial charge is 0.254 e. The molecule has 0 radical (unpaired) electrons. The number of nitrogens with one attached hydrogen (secondary N) is 1. The van der Waals surface area contributed by atoms with E-state index < -0.39 is 0 Å². The van der Waals surface area contributed by atoms with Crippen LogP contribution in [0.5, 0.6) is 0 Å². The molecule has 3 aromatic rings. The highest BCUT2D eigenvalue weighted by Gasteiger charge is 2.25. The van der Waals surface area contributed by atoms with Crippen molar-refractivity contribution < 1.29 is 4.79 Å². The number of amides is 1. The number of anilines is 1. The lowest BCUT2D eigenvalue weighted by molar-refractivity contribution is 0.0701. The third-order valence-electron chi connectivity index (χ3n) is 5.05. The largest absolute Gasteiger partial charge is 0.368 e. The molecular weight excluding hydrogens is 382 g/mol. The summed E-state index contributed by atoms with van der Waals surface area (Å²) in [4.78, 5) is 19.5. The van der Waals surface area contributed by atoms with Gasteiger partial charge >= 0.3 is 0 Å². The molecule has 3 rings (SSSR count). The summed E-state index contributed by atoms with van der Waals surface area (Å²) in [5, 5.41) is 3.92. The van der Waals surface area contributed by atoms with E-state index in [0.717, 1.165) is 16.9 Å². The Hall–Kier alpha value is -2.85. The van der Waals surface area contributed by atoms with E-state index in [-0.39, 0.29) is 17.9 Å². The van der Waals surface area contributed by atoms with Gasteiger partial charge in [-0.15, -0.1) is 0 Å². The zero-order valence-corrected chi connectivity index (χ0v) is 17.7. The number of likely N-dealkylation sites (N-methyl/N-ethyl adjacent to an activating group) is 1. The van der Waals surface area contributed by atoms with Crippen molar-refractivity contribution in [2.75, 3.05) is 18.9 Å². The van der Waals surface area contributed by atoms with Gasteiger partial charge in [-0.3, -0.25) is 4.79 Å². The van der Waals surface area contributed by atoms with Crippen molar-refractivity contribution in [1.29, 1.82) is 0 Å². The maximum absolute atomic E-state index is 13.4. The van der Waals surface area contributed by atoms with E-state index in [1.807, 2.05) is 72.6 Å². The number of halogens is 1. The van der Waals surface area contributed by atoms with Crippen LogP contribution >= 0.6 is 11.6 Å². The molecule has 2 aromatic carbocycles. The summed E-state index contributed by atoms with van der Waals surface area (Å²) in [6, 6.07) is 21.4. The zero-order chi connectivity index (χ0) is 20.8. The van der Waals surface area contributed by atoms with Crippen LogP contribution in [-0.2, 0) is 0 Å². The minimum absolute atomic E-state index is 0.00353. The molecule has 0 fully saturated rings. The molecule has 0 aliphatic heterocycles. The Morgan fingerprint density at radius 3 is 2.38 bits per heavy atom. The van der Waals surface area contributed by atoms with Gasteiger partial charge in [0.1, 0.15) is 5.82 Å². The van der Waals surface area contributed by atoms with Crippen LogP contribution in [-0.4, -0.2) is 35.4 Å². The fourth-order valence-electron chi connectivity index (χ4n) is 3.39. The number of carbonyl (C=O) groups excluding carboxylic acids is 1. The number of nitrogens with zero attached hydrogens (tertiary/aromatic N) is 2. The second-order valence-corrected chi connectivity index (χ2v) is 7.82. The maximum atomic E-state index is 13.4.